The number of hydrogen-bond donors (Lipinski definition) is 4. The molecule has 6 nitrogen and oxygen atoms in total. The summed E-state index contributed by atoms with van der Waals surface area (Å²) >= 11 is 0. The van der Waals surface area contributed by atoms with Crippen LogP contribution < -0.4 is 22.1 Å². The highest BCUT2D eigenvalue weighted by molar-refractivity contribution is 6.01. The number of carbonyl (C=O) groups is 2. The molecule has 0 aromatic heterocycles. The van der Waals surface area contributed by atoms with E-state index in [4.69, 9.17) is 11.5 Å². The Hall–Kier alpha value is -3.02. The number of nitrogens with one attached hydrogen (secondary N) is 2. The smallest absolute Gasteiger partial charge is 0.255 e. The third-order valence-corrected chi connectivity index (χ3v) is 3.26. The van der Waals surface area contributed by atoms with Gasteiger partial charge < -0.3 is 22.1 Å². The van der Waals surface area contributed by atoms with Gasteiger partial charge in [0.25, 0.3) is 11.8 Å². The van der Waals surface area contributed by atoms with E-state index in [1.165, 1.54) is 0 Å². The first kappa shape index (κ1) is 16.4. The van der Waals surface area contributed by atoms with Crippen molar-refractivity contribution in [1.82, 2.24) is 10.6 Å². The largest absolute Gasteiger partial charge is 0.398 e. The molecule has 0 saturated heterocycles. The van der Waals surface area contributed by atoms with E-state index in [1.54, 1.807) is 62.4 Å². The van der Waals surface area contributed by atoms with E-state index in [9.17, 15) is 9.59 Å². The molecule has 6 N–H and O–H groups in total. The van der Waals surface area contributed by atoms with Gasteiger partial charge in [0.15, 0.2) is 0 Å². The second kappa shape index (κ2) is 6.39. The van der Waals surface area contributed by atoms with Crippen LogP contribution in [-0.4, -0.2) is 17.5 Å². The van der Waals surface area contributed by atoms with Gasteiger partial charge in [-0.25, -0.2) is 0 Å². The van der Waals surface area contributed by atoms with Crippen LogP contribution in [0.2, 0.25) is 0 Å². The van der Waals surface area contributed by atoms with Crippen LogP contribution in [0, 0.1) is 0 Å². The van der Waals surface area contributed by atoms with Gasteiger partial charge in [-0.3, -0.25) is 9.59 Å². The highest BCUT2D eigenvalue weighted by Crippen LogP contribution is 2.14. The van der Waals surface area contributed by atoms with Crippen LogP contribution in [0.25, 0.3) is 0 Å². The Labute approximate surface area is 134 Å². The van der Waals surface area contributed by atoms with E-state index in [-0.39, 0.29) is 11.8 Å². The van der Waals surface area contributed by atoms with E-state index < -0.39 is 5.66 Å². The molecule has 0 atom stereocenters. The Kier molecular flexibility index (Phi) is 4.55. The molecule has 120 valence electrons. The average molecular weight is 312 g/mol. The van der Waals surface area contributed by atoms with Gasteiger partial charge in [0.05, 0.1) is 11.1 Å². The summed E-state index contributed by atoms with van der Waals surface area (Å²) in [5, 5.41) is 5.48. The van der Waals surface area contributed by atoms with Gasteiger partial charge in [0, 0.05) is 11.4 Å². The van der Waals surface area contributed by atoms with Crippen LogP contribution in [0.1, 0.15) is 34.6 Å². The van der Waals surface area contributed by atoms with Crippen molar-refractivity contribution in [2.24, 2.45) is 0 Å². The fraction of sp³-hybridized carbons (Fsp3) is 0.176. The summed E-state index contributed by atoms with van der Waals surface area (Å²) in [6.45, 7) is 3.36. The standard InChI is InChI=1S/C17H20N4O2/c1-17(2,20-15(22)11-7-3-5-9-13(11)18)21-16(23)12-8-4-6-10-14(12)19/h3-10H,18-19H2,1-2H3,(H,20,22)(H,21,23). The minimum Gasteiger partial charge on any atom is -0.398 e. The predicted molar refractivity (Wildman–Crippen MR) is 90.7 cm³/mol. The molecule has 0 bridgehead atoms. The Bertz CT molecular complexity index is 679. The molecule has 2 aromatic carbocycles. The summed E-state index contributed by atoms with van der Waals surface area (Å²) in [4.78, 5) is 24.6. The molecule has 0 fully saturated rings. The number of amides is 2. The van der Waals surface area contributed by atoms with Crippen molar-refractivity contribution in [2.75, 3.05) is 11.5 Å². The van der Waals surface area contributed by atoms with Gasteiger partial charge in [-0.05, 0) is 38.1 Å². The van der Waals surface area contributed by atoms with E-state index in [0.29, 0.717) is 22.5 Å². The average Bonchev–Trinajstić information content (AvgIpc) is 2.46. The first-order valence-electron chi connectivity index (χ1n) is 7.14. The molecule has 23 heavy (non-hydrogen) atoms. The van der Waals surface area contributed by atoms with Crippen molar-refractivity contribution in [3.8, 4) is 0 Å². The monoisotopic (exact) mass is 312 g/mol. The van der Waals surface area contributed by atoms with Gasteiger partial charge in [0.1, 0.15) is 5.66 Å². The Morgan fingerprint density at radius 2 is 1.13 bits per heavy atom. The summed E-state index contributed by atoms with van der Waals surface area (Å²) in [6, 6.07) is 13.5. The molecule has 0 radical (unpaired) electrons. The summed E-state index contributed by atoms with van der Waals surface area (Å²) < 4.78 is 0. The number of rotatable bonds is 4. The lowest BCUT2D eigenvalue weighted by Gasteiger charge is -2.28. The molecule has 2 amide bonds. The van der Waals surface area contributed by atoms with Gasteiger partial charge in [-0.15, -0.1) is 0 Å². The second-order valence-electron chi connectivity index (χ2n) is 5.71. The Balaban J connectivity index is 2.10. The number of hydrogen-bond acceptors (Lipinski definition) is 4. The molecule has 0 aliphatic carbocycles. The summed E-state index contributed by atoms with van der Waals surface area (Å²) in [5.41, 5.74) is 12.1. The highest BCUT2D eigenvalue weighted by Gasteiger charge is 2.25. The van der Waals surface area contributed by atoms with Crippen molar-refractivity contribution < 1.29 is 9.59 Å². The maximum Gasteiger partial charge on any atom is 0.255 e. The maximum atomic E-state index is 12.3. The summed E-state index contributed by atoms with van der Waals surface area (Å²) in [7, 11) is 0. The zero-order chi connectivity index (χ0) is 17.0. The molecule has 0 aliphatic rings. The SMILES string of the molecule is CC(C)(NC(=O)c1ccccc1N)NC(=O)c1ccccc1N. The van der Waals surface area contributed by atoms with Crippen molar-refractivity contribution in [3.63, 3.8) is 0 Å². The van der Waals surface area contributed by atoms with E-state index >= 15 is 0 Å². The van der Waals surface area contributed by atoms with Crippen LogP contribution in [0.15, 0.2) is 48.5 Å². The molecule has 2 rings (SSSR count). The number of nitrogen functional groups attached to an aromatic ring is 2. The summed E-state index contributed by atoms with van der Waals surface area (Å²) in [5.74, 6) is -0.733. The van der Waals surface area contributed by atoms with Gasteiger partial charge in [-0.1, -0.05) is 24.3 Å². The lowest BCUT2D eigenvalue weighted by molar-refractivity contribution is 0.0835. The quantitative estimate of drug-likeness (QED) is 0.509. The minimum absolute atomic E-state index is 0.356. The van der Waals surface area contributed by atoms with Gasteiger partial charge >= 0.3 is 0 Å². The molecule has 0 spiro atoms. The molecule has 0 heterocycles. The lowest BCUT2D eigenvalue weighted by atomic mass is 10.1. The van der Waals surface area contributed by atoms with Crippen LogP contribution in [0.4, 0.5) is 11.4 Å². The fourth-order valence-corrected chi connectivity index (χ4v) is 2.14. The number of anilines is 2. The van der Waals surface area contributed by atoms with Gasteiger partial charge in [-0.2, -0.15) is 0 Å². The first-order chi connectivity index (χ1) is 10.8. The highest BCUT2D eigenvalue weighted by atomic mass is 16.2. The zero-order valence-corrected chi connectivity index (χ0v) is 13.1. The third kappa shape index (κ3) is 4.00. The van der Waals surface area contributed by atoms with Crippen LogP contribution in [0.5, 0.6) is 0 Å². The van der Waals surface area contributed by atoms with E-state index in [2.05, 4.69) is 10.6 Å². The number of nitrogens with two attached hydrogens (primary N) is 2. The van der Waals surface area contributed by atoms with Crippen molar-refractivity contribution in [1.29, 1.82) is 0 Å². The zero-order valence-electron chi connectivity index (χ0n) is 13.1. The Morgan fingerprint density at radius 1 is 0.783 bits per heavy atom. The molecule has 6 heteroatoms. The molecule has 0 unspecified atom stereocenters. The normalized spacial score (nSPS) is 10.9. The van der Waals surface area contributed by atoms with Crippen LogP contribution >= 0.6 is 0 Å². The molecular weight excluding hydrogens is 292 g/mol. The molecule has 0 saturated carbocycles. The molecular formula is C17H20N4O2. The van der Waals surface area contributed by atoms with Crippen molar-refractivity contribution in [3.05, 3.63) is 59.7 Å². The summed E-state index contributed by atoms with van der Waals surface area (Å²) in [6.07, 6.45) is 0. The van der Waals surface area contributed by atoms with E-state index in [0.717, 1.165) is 0 Å². The minimum atomic E-state index is -0.973. The number of para-hydroxylation sites is 2. The third-order valence-electron chi connectivity index (χ3n) is 3.26. The first-order valence-corrected chi connectivity index (χ1v) is 7.14. The van der Waals surface area contributed by atoms with Crippen LogP contribution in [0.3, 0.4) is 0 Å². The lowest BCUT2D eigenvalue weighted by Crippen LogP contribution is -2.56. The van der Waals surface area contributed by atoms with E-state index in [1.807, 2.05) is 0 Å². The maximum absolute atomic E-state index is 12.3. The topological polar surface area (TPSA) is 110 Å². The second-order valence-corrected chi connectivity index (χ2v) is 5.71. The predicted octanol–water partition coefficient (Wildman–Crippen LogP) is 1.75. The van der Waals surface area contributed by atoms with Crippen molar-refractivity contribution in [2.45, 2.75) is 19.5 Å². The number of carbonyl (C=O) groups excluding carboxylic acids is 2. The number of benzene rings is 2. The Morgan fingerprint density at radius 3 is 1.48 bits per heavy atom. The van der Waals surface area contributed by atoms with Crippen molar-refractivity contribution >= 4 is 23.2 Å². The molecule has 2 aromatic rings. The van der Waals surface area contributed by atoms with Gasteiger partial charge in [0.2, 0.25) is 0 Å². The fourth-order valence-electron chi connectivity index (χ4n) is 2.14. The molecule has 0 aliphatic heterocycles. The van der Waals surface area contributed by atoms with Crippen LogP contribution in [-0.2, 0) is 0 Å².